The Morgan fingerprint density at radius 3 is 2.73 bits per heavy atom. The van der Waals surface area contributed by atoms with Crippen molar-refractivity contribution in [3.8, 4) is 0 Å². The molecule has 0 amide bonds. The molecule has 0 aliphatic heterocycles. The van der Waals surface area contributed by atoms with Crippen LogP contribution in [-0.4, -0.2) is 24.5 Å². The van der Waals surface area contributed by atoms with E-state index >= 15 is 0 Å². The molecule has 0 heterocycles. The third-order valence-corrected chi connectivity index (χ3v) is 2.54. The van der Waals surface area contributed by atoms with Gasteiger partial charge in [0.2, 0.25) is 0 Å². The van der Waals surface area contributed by atoms with Crippen LogP contribution in [0.3, 0.4) is 0 Å². The minimum Gasteiger partial charge on any atom is -0.329 e. The Balaban J connectivity index is 2.70. The largest absolute Gasteiger partial charge is 0.329 e. The van der Waals surface area contributed by atoms with E-state index in [1.165, 1.54) is 6.07 Å². The summed E-state index contributed by atoms with van der Waals surface area (Å²) in [7, 11) is 0. The fourth-order valence-electron chi connectivity index (χ4n) is 1.42. The van der Waals surface area contributed by atoms with Crippen LogP contribution in [-0.2, 0) is 6.54 Å². The first kappa shape index (κ1) is 12.4. The van der Waals surface area contributed by atoms with Gasteiger partial charge in [0, 0.05) is 30.2 Å². The summed E-state index contributed by atoms with van der Waals surface area (Å²) < 4.78 is 13.4. The van der Waals surface area contributed by atoms with Gasteiger partial charge in [-0.25, -0.2) is 4.39 Å². The van der Waals surface area contributed by atoms with E-state index in [-0.39, 0.29) is 5.82 Å². The second-order valence-corrected chi connectivity index (χ2v) is 3.83. The van der Waals surface area contributed by atoms with Crippen LogP contribution in [0.1, 0.15) is 12.5 Å². The van der Waals surface area contributed by atoms with Crippen LogP contribution in [0.4, 0.5) is 4.39 Å². The first-order valence-corrected chi connectivity index (χ1v) is 5.41. The minimum absolute atomic E-state index is 0.252. The van der Waals surface area contributed by atoms with Gasteiger partial charge in [0.25, 0.3) is 0 Å². The van der Waals surface area contributed by atoms with E-state index in [4.69, 9.17) is 17.3 Å². The van der Waals surface area contributed by atoms with Crippen LogP contribution in [0.15, 0.2) is 18.2 Å². The summed E-state index contributed by atoms with van der Waals surface area (Å²) in [6.45, 7) is 4.83. The maximum atomic E-state index is 13.4. The van der Waals surface area contributed by atoms with Gasteiger partial charge in [0.15, 0.2) is 0 Å². The maximum absolute atomic E-state index is 13.4. The molecular weight excluding hydrogens is 215 g/mol. The molecular formula is C11H16ClFN2. The van der Waals surface area contributed by atoms with Crippen molar-refractivity contribution in [2.75, 3.05) is 19.6 Å². The molecule has 0 aliphatic carbocycles. The highest BCUT2D eigenvalue weighted by Crippen LogP contribution is 2.15. The summed E-state index contributed by atoms with van der Waals surface area (Å²) in [5.74, 6) is -0.252. The number of likely N-dealkylation sites (N-methyl/N-ethyl adjacent to an activating group) is 1. The van der Waals surface area contributed by atoms with Gasteiger partial charge in [-0.1, -0.05) is 24.6 Å². The van der Waals surface area contributed by atoms with Crippen LogP contribution in [0.25, 0.3) is 0 Å². The van der Waals surface area contributed by atoms with E-state index < -0.39 is 0 Å². The Bertz CT molecular complexity index is 317. The minimum atomic E-state index is -0.252. The van der Waals surface area contributed by atoms with Crippen molar-refractivity contribution < 1.29 is 4.39 Å². The number of rotatable bonds is 5. The summed E-state index contributed by atoms with van der Waals surface area (Å²) in [5, 5.41) is 0.429. The second-order valence-electron chi connectivity index (χ2n) is 3.39. The van der Waals surface area contributed by atoms with E-state index in [0.29, 0.717) is 23.7 Å². The van der Waals surface area contributed by atoms with Crippen molar-refractivity contribution in [2.24, 2.45) is 5.73 Å². The van der Waals surface area contributed by atoms with Crippen LogP contribution in [0.2, 0.25) is 5.02 Å². The summed E-state index contributed by atoms with van der Waals surface area (Å²) in [4.78, 5) is 2.09. The molecule has 0 atom stereocenters. The van der Waals surface area contributed by atoms with Crippen LogP contribution in [0, 0.1) is 5.82 Å². The lowest BCUT2D eigenvalue weighted by Crippen LogP contribution is -2.29. The molecule has 0 aliphatic rings. The Hall–Kier alpha value is -0.640. The number of nitrogens with zero attached hydrogens (tertiary/aromatic N) is 1. The first-order valence-electron chi connectivity index (χ1n) is 5.03. The van der Waals surface area contributed by atoms with E-state index in [1.54, 1.807) is 12.1 Å². The highest BCUT2D eigenvalue weighted by molar-refractivity contribution is 6.30. The number of hydrogen-bond donors (Lipinski definition) is 1. The van der Waals surface area contributed by atoms with E-state index in [0.717, 1.165) is 13.1 Å². The molecule has 0 unspecified atom stereocenters. The maximum Gasteiger partial charge on any atom is 0.129 e. The Labute approximate surface area is 94.8 Å². The van der Waals surface area contributed by atoms with Crippen LogP contribution in [0.5, 0.6) is 0 Å². The predicted octanol–water partition coefficient (Wildman–Crippen LogP) is 2.26. The SMILES string of the molecule is CCN(CCN)Cc1ccc(Cl)cc1F. The summed E-state index contributed by atoms with van der Waals surface area (Å²) in [6, 6.07) is 4.76. The molecule has 0 spiro atoms. The highest BCUT2D eigenvalue weighted by atomic mass is 35.5. The fraction of sp³-hybridized carbons (Fsp3) is 0.455. The molecule has 0 saturated carbocycles. The van der Waals surface area contributed by atoms with Crippen LogP contribution >= 0.6 is 11.6 Å². The predicted molar refractivity (Wildman–Crippen MR) is 61.4 cm³/mol. The summed E-state index contributed by atoms with van der Waals surface area (Å²) >= 11 is 5.67. The van der Waals surface area contributed by atoms with Gasteiger partial charge in [-0.05, 0) is 18.7 Å². The molecule has 1 rings (SSSR count). The molecule has 2 N–H and O–H groups in total. The third kappa shape index (κ3) is 3.78. The van der Waals surface area contributed by atoms with Crippen molar-refractivity contribution in [3.63, 3.8) is 0 Å². The molecule has 0 radical (unpaired) electrons. The smallest absolute Gasteiger partial charge is 0.129 e. The molecule has 84 valence electrons. The molecule has 2 nitrogen and oxygen atoms in total. The number of hydrogen-bond acceptors (Lipinski definition) is 2. The Morgan fingerprint density at radius 2 is 2.20 bits per heavy atom. The average molecular weight is 231 g/mol. The fourth-order valence-corrected chi connectivity index (χ4v) is 1.58. The number of nitrogens with two attached hydrogens (primary N) is 1. The molecule has 4 heteroatoms. The monoisotopic (exact) mass is 230 g/mol. The average Bonchev–Trinajstić information content (AvgIpc) is 2.21. The lowest BCUT2D eigenvalue weighted by Gasteiger charge is -2.19. The summed E-state index contributed by atoms with van der Waals surface area (Å²) in [6.07, 6.45) is 0. The van der Waals surface area contributed by atoms with Gasteiger partial charge in [0.05, 0.1) is 0 Å². The molecule has 0 saturated heterocycles. The zero-order valence-corrected chi connectivity index (χ0v) is 9.60. The lowest BCUT2D eigenvalue weighted by atomic mass is 10.2. The topological polar surface area (TPSA) is 29.3 Å². The van der Waals surface area contributed by atoms with Crippen molar-refractivity contribution in [2.45, 2.75) is 13.5 Å². The Morgan fingerprint density at radius 1 is 1.47 bits per heavy atom. The van der Waals surface area contributed by atoms with Crippen molar-refractivity contribution in [3.05, 3.63) is 34.6 Å². The van der Waals surface area contributed by atoms with Crippen molar-refractivity contribution in [1.29, 1.82) is 0 Å². The zero-order valence-electron chi connectivity index (χ0n) is 8.84. The van der Waals surface area contributed by atoms with Gasteiger partial charge in [-0.2, -0.15) is 0 Å². The van der Waals surface area contributed by atoms with Crippen molar-refractivity contribution >= 4 is 11.6 Å². The standard InChI is InChI=1S/C11H16ClFN2/c1-2-15(6-5-14)8-9-3-4-10(12)7-11(9)13/h3-4,7H,2,5-6,8,14H2,1H3. The van der Waals surface area contributed by atoms with Gasteiger partial charge in [0.1, 0.15) is 5.82 Å². The van der Waals surface area contributed by atoms with E-state index in [9.17, 15) is 4.39 Å². The molecule has 0 fully saturated rings. The van der Waals surface area contributed by atoms with Gasteiger partial charge in [-0.3, -0.25) is 4.90 Å². The molecule has 1 aromatic carbocycles. The van der Waals surface area contributed by atoms with E-state index in [1.807, 2.05) is 6.92 Å². The molecule has 0 aromatic heterocycles. The normalized spacial score (nSPS) is 11.0. The van der Waals surface area contributed by atoms with Gasteiger partial charge >= 0.3 is 0 Å². The quantitative estimate of drug-likeness (QED) is 0.841. The Kier molecular flexibility index (Phi) is 5.02. The van der Waals surface area contributed by atoms with Gasteiger partial charge in [-0.15, -0.1) is 0 Å². The van der Waals surface area contributed by atoms with Crippen LogP contribution < -0.4 is 5.73 Å². The van der Waals surface area contributed by atoms with Crippen molar-refractivity contribution in [1.82, 2.24) is 4.90 Å². The molecule has 0 bridgehead atoms. The third-order valence-electron chi connectivity index (χ3n) is 2.30. The highest BCUT2D eigenvalue weighted by Gasteiger charge is 2.07. The second kappa shape index (κ2) is 6.05. The summed E-state index contributed by atoms with van der Waals surface area (Å²) in [5.41, 5.74) is 6.13. The zero-order chi connectivity index (χ0) is 11.3. The van der Waals surface area contributed by atoms with Gasteiger partial charge < -0.3 is 5.73 Å². The van der Waals surface area contributed by atoms with E-state index in [2.05, 4.69) is 4.90 Å². The first-order chi connectivity index (χ1) is 7.17. The number of halogens is 2. The number of benzene rings is 1. The lowest BCUT2D eigenvalue weighted by molar-refractivity contribution is 0.284. The molecule has 1 aromatic rings. The molecule has 15 heavy (non-hydrogen) atoms.